The van der Waals surface area contributed by atoms with E-state index in [0.29, 0.717) is 17.6 Å². The molecule has 0 saturated heterocycles. The van der Waals surface area contributed by atoms with Crippen LogP contribution in [0.25, 0.3) is 0 Å². The molecule has 7 nitrogen and oxygen atoms in total. The van der Waals surface area contributed by atoms with Crippen molar-refractivity contribution in [3.63, 3.8) is 0 Å². The van der Waals surface area contributed by atoms with Crippen LogP contribution in [0, 0.1) is 35.5 Å². The van der Waals surface area contributed by atoms with Gasteiger partial charge in [-0.2, -0.15) is 0 Å². The Hall–Kier alpha value is -2.22. The normalized spacial score (nSPS) is 39.8. The molecule has 1 spiro atoms. The molecule has 33 heavy (non-hydrogen) atoms. The van der Waals surface area contributed by atoms with Gasteiger partial charge in [-0.3, -0.25) is 4.79 Å². The van der Waals surface area contributed by atoms with Crippen LogP contribution >= 0.6 is 0 Å². The molecule has 0 unspecified atom stereocenters. The number of aliphatic hydroxyl groups excluding tert-OH is 2. The van der Waals surface area contributed by atoms with Gasteiger partial charge >= 0.3 is 5.97 Å². The van der Waals surface area contributed by atoms with E-state index >= 15 is 0 Å². The maximum Gasteiger partial charge on any atom is 0.355 e. The van der Waals surface area contributed by atoms with Crippen LogP contribution in [0.4, 0.5) is 0 Å². The third-order valence-electron chi connectivity index (χ3n) is 8.89. The minimum atomic E-state index is -2.15. The molecule has 2 bridgehead atoms. The summed E-state index contributed by atoms with van der Waals surface area (Å²) in [6, 6.07) is 1.74. The van der Waals surface area contributed by atoms with Crippen molar-refractivity contribution >= 4 is 11.8 Å². The van der Waals surface area contributed by atoms with Crippen LogP contribution in [0.1, 0.15) is 57.1 Å². The summed E-state index contributed by atoms with van der Waals surface area (Å²) in [7, 11) is 0. The van der Waals surface area contributed by atoms with Gasteiger partial charge in [-0.1, -0.05) is 39.8 Å². The highest BCUT2D eigenvalue weighted by molar-refractivity contribution is 5.95. The van der Waals surface area contributed by atoms with Crippen molar-refractivity contribution in [1.82, 2.24) is 4.98 Å². The van der Waals surface area contributed by atoms with E-state index in [1.54, 1.807) is 38.3 Å². The molecule has 1 aromatic rings. The van der Waals surface area contributed by atoms with Crippen LogP contribution in [0.15, 0.2) is 35.6 Å². The van der Waals surface area contributed by atoms with Crippen LogP contribution in [0.3, 0.4) is 0 Å². The number of rotatable bonds is 3. The Morgan fingerprint density at radius 2 is 1.91 bits per heavy atom. The average molecular weight is 458 g/mol. The third kappa shape index (κ3) is 2.98. The van der Waals surface area contributed by atoms with Gasteiger partial charge in [0.25, 0.3) is 0 Å². The quantitative estimate of drug-likeness (QED) is 0.409. The number of ketones is 1. The molecule has 1 fully saturated rings. The molecule has 0 radical (unpaired) electrons. The largest absolute Gasteiger partial charge is 0.450 e. The van der Waals surface area contributed by atoms with Gasteiger partial charge in [0.15, 0.2) is 17.5 Å². The highest BCUT2D eigenvalue weighted by atomic mass is 16.6. The number of esters is 1. The number of H-pyrrole nitrogens is 1. The summed E-state index contributed by atoms with van der Waals surface area (Å²) < 4.78 is 5.83. The summed E-state index contributed by atoms with van der Waals surface area (Å²) in [4.78, 5) is 30.2. The van der Waals surface area contributed by atoms with Gasteiger partial charge in [-0.25, -0.2) is 4.79 Å². The molecule has 180 valence electrons. The Balaban J connectivity index is 1.92. The standard InChI is InChI=1S/C26H35NO6/c1-13-7-8-27-19(13)23(31)33-22-14(2)11-25-16(4)9-15(3)24(5,6)18(21(25)30)10-17(12-28)20(29)26(22,25)32/h7-8,10-11,15-16,18,20,22,27-29,32H,9,12H2,1-6H3/t15-,16+,18+,20+,22-,25-,26-/m0/s1. The van der Waals surface area contributed by atoms with Gasteiger partial charge in [-0.05, 0) is 60.3 Å². The summed E-state index contributed by atoms with van der Waals surface area (Å²) in [5, 5.41) is 34.0. The second-order valence-electron chi connectivity index (χ2n) is 10.9. The Bertz CT molecular complexity index is 1050. The van der Waals surface area contributed by atoms with Crippen molar-refractivity contribution in [3.8, 4) is 0 Å². The minimum Gasteiger partial charge on any atom is -0.450 e. The van der Waals surface area contributed by atoms with Gasteiger partial charge in [0.1, 0.15) is 11.8 Å². The number of carbonyl (C=O) groups excluding carboxylic acids is 2. The number of ether oxygens (including phenoxy) is 1. The molecule has 0 aliphatic heterocycles. The number of hydrogen-bond acceptors (Lipinski definition) is 6. The van der Waals surface area contributed by atoms with Crippen molar-refractivity contribution < 1.29 is 29.6 Å². The predicted octanol–water partition coefficient (Wildman–Crippen LogP) is 2.71. The van der Waals surface area contributed by atoms with Gasteiger partial charge in [-0.15, -0.1) is 0 Å². The Labute approximate surface area is 194 Å². The van der Waals surface area contributed by atoms with E-state index in [9.17, 15) is 24.9 Å². The molecule has 7 heteroatoms. The molecule has 3 aliphatic rings. The predicted molar refractivity (Wildman–Crippen MR) is 122 cm³/mol. The molecule has 0 aromatic carbocycles. The number of Topliss-reactive ketones (excluding diaryl/α,β-unsaturated/α-hetero) is 1. The first-order chi connectivity index (χ1) is 15.3. The minimum absolute atomic E-state index is 0.133. The van der Waals surface area contributed by atoms with Crippen molar-refractivity contribution in [2.75, 3.05) is 6.61 Å². The van der Waals surface area contributed by atoms with Crippen LogP contribution in [-0.2, 0) is 9.53 Å². The number of allylic oxidation sites excluding steroid dienone is 1. The van der Waals surface area contributed by atoms with Crippen molar-refractivity contribution in [2.24, 2.45) is 28.6 Å². The second-order valence-corrected chi connectivity index (χ2v) is 10.9. The van der Waals surface area contributed by atoms with E-state index in [-0.39, 0.29) is 28.9 Å². The first-order valence-electron chi connectivity index (χ1n) is 11.6. The summed E-state index contributed by atoms with van der Waals surface area (Å²) in [6.45, 7) is 11.0. The average Bonchev–Trinajstić information content (AvgIpc) is 3.25. The van der Waals surface area contributed by atoms with Crippen LogP contribution in [0.5, 0.6) is 0 Å². The first-order valence-corrected chi connectivity index (χ1v) is 11.6. The van der Waals surface area contributed by atoms with Crippen LogP contribution < -0.4 is 0 Å². The third-order valence-corrected chi connectivity index (χ3v) is 8.89. The fourth-order valence-corrected chi connectivity index (χ4v) is 6.49. The summed E-state index contributed by atoms with van der Waals surface area (Å²) >= 11 is 0. The second kappa shape index (κ2) is 7.65. The lowest BCUT2D eigenvalue weighted by Crippen LogP contribution is -2.65. The number of aryl methyl sites for hydroxylation is 1. The summed E-state index contributed by atoms with van der Waals surface area (Å²) in [6.07, 6.45) is 2.79. The fourth-order valence-electron chi connectivity index (χ4n) is 6.49. The molecular formula is C26H35NO6. The number of fused-ring (bicyclic) bond motifs is 1. The van der Waals surface area contributed by atoms with E-state index in [4.69, 9.17) is 4.74 Å². The zero-order valence-corrected chi connectivity index (χ0v) is 20.2. The molecule has 4 N–H and O–H groups in total. The fraction of sp³-hybridized carbons (Fsp3) is 0.615. The lowest BCUT2D eigenvalue weighted by atomic mass is 9.59. The topological polar surface area (TPSA) is 120 Å². The first kappa shape index (κ1) is 23.9. The van der Waals surface area contributed by atoms with Crippen molar-refractivity contribution in [1.29, 1.82) is 0 Å². The molecule has 1 heterocycles. The molecule has 7 atom stereocenters. The number of carbonyl (C=O) groups is 2. The highest BCUT2D eigenvalue weighted by Crippen LogP contribution is 2.62. The molecule has 1 aromatic heterocycles. The summed E-state index contributed by atoms with van der Waals surface area (Å²) in [5.74, 6) is -1.70. The van der Waals surface area contributed by atoms with E-state index < -0.39 is 47.1 Å². The number of nitrogens with one attached hydrogen (secondary N) is 1. The van der Waals surface area contributed by atoms with Gasteiger partial charge in [0.2, 0.25) is 0 Å². The number of aromatic nitrogens is 1. The molecule has 4 rings (SSSR count). The lowest BCUT2D eigenvalue weighted by molar-refractivity contribution is -0.190. The van der Waals surface area contributed by atoms with Crippen molar-refractivity contribution in [3.05, 3.63) is 46.8 Å². The molecule has 3 aliphatic carbocycles. The summed E-state index contributed by atoms with van der Waals surface area (Å²) in [5.41, 5.74) is -2.45. The van der Waals surface area contributed by atoms with Crippen LogP contribution in [-0.4, -0.2) is 56.5 Å². The van der Waals surface area contributed by atoms with Crippen molar-refractivity contribution in [2.45, 2.75) is 65.8 Å². The van der Waals surface area contributed by atoms with Crippen LogP contribution in [0.2, 0.25) is 0 Å². The van der Waals surface area contributed by atoms with E-state index in [0.717, 1.165) is 0 Å². The number of aromatic amines is 1. The molecule has 1 saturated carbocycles. The van der Waals surface area contributed by atoms with Gasteiger partial charge in [0, 0.05) is 12.1 Å². The number of hydrogen-bond donors (Lipinski definition) is 4. The highest BCUT2D eigenvalue weighted by Gasteiger charge is 2.73. The monoisotopic (exact) mass is 457 g/mol. The Morgan fingerprint density at radius 1 is 1.24 bits per heavy atom. The molecule has 0 amide bonds. The smallest absolute Gasteiger partial charge is 0.355 e. The SMILES string of the molecule is CC1=C[C@]23C(=O)[C@@H](C=C(CO)[C@@H](O)[C@]2(O)[C@H]1OC(=O)c1[nH]ccc1C)C(C)(C)[C@@H](C)C[C@H]3C. The van der Waals surface area contributed by atoms with E-state index in [2.05, 4.69) is 11.9 Å². The van der Waals surface area contributed by atoms with E-state index in [1.807, 2.05) is 20.8 Å². The zero-order chi connectivity index (χ0) is 24.5. The maximum atomic E-state index is 14.3. The zero-order valence-electron chi connectivity index (χ0n) is 20.2. The Kier molecular flexibility index (Phi) is 5.55. The molecular weight excluding hydrogens is 422 g/mol. The van der Waals surface area contributed by atoms with Gasteiger partial charge in [0.05, 0.1) is 12.0 Å². The number of aliphatic hydroxyl groups is 3. The van der Waals surface area contributed by atoms with E-state index in [1.165, 1.54) is 0 Å². The Morgan fingerprint density at radius 3 is 2.48 bits per heavy atom. The maximum absolute atomic E-state index is 14.3. The lowest BCUT2D eigenvalue weighted by Gasteiger charge is -2.48. The van der Waals surface area contributed by atoms with Gasteiger partial charge < -0.3 is 25.0 Å².